The third-order valence-electron chi connectivity index (χ3n) is 10.7. The summed E-state index contributed by atoms with van der Waals surface area (Å²) in [5.74, 6) is 0.0767. The minimum Gasteiger partial charge on any atom is -0.473 e. The van der Waals surface area contributed by atoms with Gasteiger partial charge in [0.1, 0.15) is 6.61 Å². The number of aliphatic hydroxyl groups excluding tert-OH is 1. The summed E-state index contributed by atoms with van der Waals surface area (Å²) in [5, 5.41) is 19.6. The number of ether oxygens (including phenoxy) is 1. The van der Waals surface area contributed by atoms with Crippen molar-refractivity contribution < 1.29 is 59.1 Å². The van der Waals surface area contributed by atoms with Crippen LogP contribution in [0, 0.1) is 0 Å². The number of hydrogen-bond acceptors (Lipinski definition) is 11. The molecule has 7 rings (SSSR count). The number of carbonyl (C=O) groups excluding carboxylic acids is 1. The van der Waals surface area contributed by atoms with Gasteiger partial charge in [-0.05, 0) is 97.0 Å². The van der Waals surface area contributed by atoms with Gasteiger partial charge in [-0.3, -0.25) is 9.79 Å². The van der Waals surface area contributed by atoms with E-state index in [0.29, 0.717) is 23.6 Å². The summed E-state index contributed by atoms with van der Waals surface area (Å²) in [7, 11) is 4.35. The maximum atomic E-state index is 14.1. The van der Waals surface area contributed by atoms with Crippen LogP contribution in [0.2, 0.25) is 20.1 Å². The first-order valence-electron chi connectivity index (χ1n) is 20.6. The molecule has 3 aliphatic rings. The lowest BCUT2D eigenvalue weighted by atomic mass is 9.86. The number of oxime groups is 2. The van der Waals surface area contributed by atoms with Crippen LogP contribution in [-0.4, -0.2) is 94.0 Å². The van der Waals surface area contributed by atoms with Crippen molar-refractivity contribution in [2.45, 2.75) is 70.4 Å². The van der Waals surface area contributed by atoms with Crippen molar-refractivity contribution in [3.05, 3.63) is 137 Å². The summed E-state index contributed by atoms with van der Waals surface area (Å²) in [4.78, 5) is 28.2. The molecule has 2 atom stereocenters. The van der Waals surface area contributed by atoms with E-state index in [1.165, 1.54) is 69.1 Å². The van der Waals surface area contributed by atoms with E-state index in [4.69, 9.17) is 60.8 Å². The Labute approximate surface area is 419 Å². The molecule has 24 heteroatoms. The Morgan fingerprint density at radius 2 is 1.19 bits per heavy atom. The highest BCUT2D eigenvalue weighted by atomic mass is 35.7. The minimum atomic E-state index is -4.81. The number of amides is 1. The quantitative estimate of drug-likeness (QED) is 0.124. The van der Waals surface area contributed by atoms with Crippen LogP contribution in [0.5, 0.6) is 0 Å². The Balaban J connectivity index is 0.000000243. The average molecular weight is 1090 g/mol. The molecule has 0 saturated carbocycles. The van der Waals surface area contributed by atoms with Gasteiger partial charge in [0.05, 0.1) is 24.3 Å². The van der Waals surface area contributed by atoms with Crippen molar-refractivity contribution in [2.24, 2.45) is 15.3 Å². The number of aliphatic hydroxyl groups is 1. The van der Waals surface area contributed by atoms with Gasteiger partial charge in [0.2, 0.25) is 14.9 Å². The highest BCUT2D eigenvalue weighted by Crippen LogP contribution is 2.51. The maximum absolute atomic E-state index is 14.1. The fourth-order valence-corrected chi connectivity index (χ4v) is 8.18. The van der Waals surface area contributed by atoms with E-state index in [9.17, 15) is 44.7 Å². The second kappa shape index (κ2) is 23.7. The molecule has 2 unspecified atom stereocenters. The van der Waals surface area contributed by atoms with Gasteiger partial charge in [-0.1, -0.05) is 89.6 Å². The zero-order valence-corrected chi connectivity index (χ0v) is 42.2. The molecule has 4 aromatic rings. The molecule has 0 spiro atoms. The van der Waals surface area contributed by atoms with Crippen LogP contribution in [-0.2, 0) is 47.9 Å². The normalized spacial score (nSPS) is 19.0. The number of benzene rings is 4. The predicted molar refractivity (Wildman–Crippen MR) is 256 cm³/mol. The largest absolute Gasteiger partial charge is 0.473 e. The zero-order valence-electron chi connectivity index (χ0n) is 37.6. The third kappa shape index (κ3) is 14.2. The lowest BCUT2D eigenvalue weighted by molar-refractivity contribution is -0.276. The number of fused-ring (bicyclic) bond motifs is 1. The molecule has 376 valence electrons. The molecule has 12 nitrogen and oxygen atoms in total. The standard InChI is InChI=1S/C19H15Cl2F3N2O3.C19H13Cl2F3N2O2.C6H15N.CH3ClO2S/c1-25-17(28)15-3-2-10(4-11(15)9-27)16-8-18(29-26-16,19(22,23)24)12-5-13(20)7-14(21)6-12;1-25-17-15-3-2-10(4-11(15)9-27-17)16-8-18(28-26-16,19(22,23)24)12-5-13(20)7-14(21)6-12;1-4-7(5-2)6-3;1-5(2,3)4/h2-7,27H,8-9H2,1H3,(H,25,28);2-7H,8-9H2,1H3;4-6H2,1-3H3;1H3. The van der Waals surface area contributed by atoms with Crippen molar-refractivity contribution in [2.75, 3.05) is 40.0 Å². The van der Waals surface area contributed by atoms with Crippen molar-refractivity contribution in [3.63, 3.8) is 0 Å². The van der Waals surface area contributed by atoms with Crippen molar-refractivity contribution in [3.8, 4) is 0 Å². The van der Waals surface area contributed by atoms with E-state index in [1.54, 1.807) is 25.2 Å². The Kier molecular flexibility index (Phi) is 19.7. The number of rotatable bonds is 9. The summed E-state index contributed by atoms with van der Waals surface area (Å²) >= 11 is 23.6. The fourth-order valence-electron chi connectivity index (χ4n) is 7.13. The van der Waals surface area contributed by atoms with Crippen LogP contribution in [0.4, 0.5) is 26.3 Å². The van der Waals surface area contributed by atoms with E-state index < -0.39 is 58.0 Å². The topological polar surface area (TPSA) is 151 Å². The van der Waals surface area contributed by atoms with Crippen LogP contribution in [0.3, 0.4) is 0 Å². The number of alkyl halides is 6. The van der Waals surface area contributed by atoms with E-state index >= 15 is 0 Å². The highest BCUT2D eigenvalue weighted by Gasteiger charge is 2.63. The molecule has 4 aromatic carbocycles. The van der Waals surface area contributed by atoms with E-state index in [-0.39, 0.29) is 53.8 Å². The molecule has 0 bridgehead atoms. The number of hydrogen-bond donors (Lipinski definition) is 2. The molecule has 3 aliphatic heterocycles. The van der Waals surface area contributed by atoms with Gasteiger partial charge in [-0.15, -0.1) is 0 Å². The van der Waals surface area contributed by atoms with Crippen LogP contribution < -0.4 is 5.32 Å². The molecule has 0 aliphatic carbocycles. The molecule has 69 heavy (non-hydrogen) atoms. The van der Waals surface area contributed by atoms with Crippen molar-refractivity contribution >= 4 is 89.4 Å². The fraction of sp³-hybridized carbons (Fsp3) is 0.378. The summed E-state index contributed by atoms with van der Waals surface area (Å²) < 4.78 is 109. The first-order valence-corrected chi connectivity index (χ1v) is 24.8. The molecule has 3 heterocycles. The zero-order chi connectivity index (χ0) is 51.7. The third-order valence-corrected chi connectivity index (χ3v) is 11.6. The lowest BCUT2D eigenvalue weighted by Gasteiger charge is -2.29. The van der Waals surface area contributed by atoms with Crippen molar-refractivity contribution in [1.29, 1.82) is 0 Å². The average Bonchev–Trinajstić information content (AvgIpc) is 4.04. The Morgan fingerprint density at radius 3 is 1.55 bits per heavy atom. The van der Waals surface area contributed by atoms with Gasteiger partial charge >= 0.3 is 12.4 Å². The van der Waals surface area contributed by atoms with E-state index in [1.807, 2.05) is 0 Å². The number of nitrogens with one attached hydrogen (secondary N) is 1. The first-order chi connectivity index (χ1) is 32.2. The molecule has 0 radical (unpaired) electrons. The van der Waals surface area contributed by atoms with Gasteiger partial charge in [0.25, 0.3) is 17.1 Å². The van der Waals surface area contributed by atoms with Gasteiger partial charge in [0.15, 0.2) is 0 Å². The van der Waals surface area contributed by atoms with Crippen molar-refractivity contribution in [1.82, 2.24) is 10.2 Å². The van der Waals surface area contributed by atoms with E-state index in [2.05, 4.69) is 57.0 Å². The molecular weight excluding hydrogens is 1050 g/mol. The molecule has 0 saturated heterocycles. The van der Waals surface area contributed by atoms with E-state index in [0.717, 1.165) is 29.5 Å². The lowest BCUT2D eigenvalue weighted by Crippen LogP contribution is -2.42. The SMILES string of the molecule is CCN(CC)CC.CN=C1OCc2cc(C3=NOC(c4cc(Cl)cc(Cl)c4)(C(F)(F)F)C3)ccc21.CNC(=O)c1ccc(C2=NOC(c3cc(Cl)cc(Cl)c3)(C(F)(F)F)C2)cc1CO.CS(=O)(=O)Cl. The van der Waals surface area contributed by atoms with Crippen LogP contribution in [0.25, 0.3) is 0 Å². The number of aliphatic imine (C=N–C) groups is 1. The second-order valence-electron chi connectivity index (χ2n) is 15.2. The summed E-state index contributed by atoms with van der Waals surface area (Å²) in [6, 6.07) is 16.8. The van der Waals surface area contributed by atoms with Crippen LogP contribution >= 0.6 is 57.1 Å². The first kappa shape index (κ1) is 57.2. The number of nitrogens with zero attached hydrogens (tertiary/aromatic N) is 4. The highest BCUT2D eigenvalue weighted by molar-refractivity contribution is 8.13. The number of carbonyl (C=O) groups is 1. The minimum absolute atomic E-state index is 0.0107. The number of halogens is 11. The molecule has 2 N–H and O–H groups in total. The van der Waals surface area contributed by atoms with Gasteiger partial charge in [-0.25, -0.2) is 8.42 Å². The van der Waals surface area contributed by atoms with Crippen LogP contribution in [0.15, 0.2) is 88.1 Å². The maximum Gasteiger partial charge on any atom is 0.435 e. The Bertz CT molecular complexity index is 2650. The van der Waals surface area contributed by atoms with Gasteiger partial charge in [-0.2, -0.15) is 26.3 Å². The van der Waals surface area contributed by atoms with Crippen LogP contribution in [0.1, 0.15) is 82.9 Å². The molecular formula is C45H46Cl5F6N5O7S. The summed E-state index contributed by atoms with van der Waals surface area (Å²) in [5.41, 5.74) is -2.76. The predicted octanol–water partition coefficient (Wildman–Crippen LogP) is 11.4. The second-order valence-corrected chi connectivity index (χ2v) is 20.0. The summed E-state index contributed by atoms with van der Waals surface area (Å²) in [6.45, 7) is 9.96. The molecule has 1 amide bonds. The molecule has 0 fully saturated rings. The Morgan fingerprint density at radius 1 is 0.768 bits per heavy atom. The van der Waals surface area contributed by atoms with Gasteiger partial charge in [0, 0.05) is 85.5 Å². The smallest absolute Gasteiger partial charge is 0.435 e. The van der Waals surface area contributed by atoms with Gasteiger partial charge < -0.3 is 29.7 Å². The summed E-state index contributed by atoms with van der Waals surface area (Å²) in [6.07, 6.45) is -9.74. The Hall–Kier alpha value is -4.34. The molecule has 0 aromatic heterocycles. The monoisotopic (exact) mass is 1090 g/mol.